The van der Waals surface area contributed by atoms with E-state index >= 15 is 0 Å². The van der Waals surface area contributed by atoms with Crippen LogP contribution >= 0.6 is 0 Å². The van der Waals surface area contributed by atoms with Gasteiger partial charge in [0.05, 0.1) is 11.3 Å². The number of rotatable bonds is 5. The number of hydrogen-bond donors (Lipinski definition) is 2. The molecule has 1 atom stereocenters. The highest BCUT2D eigenvalue weighted by Gasteiger charge is 2.34. The summed E-state index contributed by atoms with van der Waals surface area (Å²) in [5, 5.41) is 13.0. The summed E-state index contributed by atoms with van der Waals surface area (Å²) in [5.41, 5.74) is 2.08. The smallest absolute Gasteiger partial charge is 0.233 e. The number of likely N-dealkylation sites (N-methyl/N-ethyl adjacent to an activating group) is 1. The second-order valence-corrected chi connectivity index (χ2v) is 5.43. The highest BCUT2D eigenvalue weighted by atomic mass is 16.3. The van der Waals surface area contributed by atoms with Crippen molar-refractivity contribution in [1.82, 2.24) is 5.32 Å². The zero-order valence-electron chi connectivity index (χ0n) is 12.8. The van der Waals surface area contributed by atoms with Gasteiger partial charge in [0.1, 0.15) is 5.76 Å². The molecule has 4 nitrogen and oxygen atoms in total. The van der Waals surface area contributed by atoms with Crippen LogP contribution in [0.15, 0.2) is 34.3 Å². The Hall–Kier alpha value is -1.84. The second-order valence-electron chi connectivity index (χ2n) is 5.43. The molecule has 1 aliphatic rings. The molecule has 0 aromatic heterocycles. The van der Waals surface area contributed by atoms with Crippen LogP contribution in [0.25, 0.3) is 0 Å². The molecule has 0 saturated heterocycles. The SMILES string of the molecule is CNC1=C(C)C(=O)C(=O)C([C@H](C)CCC=C(C)C)=C1O. The third kappa shape index (κ3) is 3.18. The van der Waals surface area contributed by atoms with Crippen LogP contribution in [0, 0.1) is 5.92 Å². The fraction of sp³-hybridized carbons (Fsp3) is 0.500. The quantitative estimate of drug-likeness (QED) is 0.461. The molecule has 1 rings (SSSR count). The Morgan fingerprint density at radius 1 is 1.30 bits per heavy atom. The zero-order chi connectivity index (χ0) is 15.4. The van der Waals surface area contributed by atoms with Crippen LogP contribution in [0.5, 0.6) is 0 Å². The molecule has 4 heteroatoms. The van der Waals surface area contributed by atoms with E-state index in [0.717, 1.165) is 12.8 Å². The Labute approximate surface area is 120 Å². The summed E-state index contributed by atoms with van der Waals surface area (Å²) < 4.78 is 0. The molecule has 0 bridgehead atoms. The minimum absolute atomic E-state index is 0.0840. The lowest BCUT2D eigenvalue weighted by atomic mass is 9.83. The van der Waals surface area contributed by atoms with Crippen LogP contribution in [0.1, 0.15) is 40.5 Å². The predicted octanol–water partition coefficient (Wildman–Crippen LogP) is 2.83. The molecule has 20 heavy (non-hydrogen) atoms. The van der Waals surface area contributed by atoms with E-state index in [9.17, 15) is 14.7 Å². The Morgan fingerprint density at radius 2 is 1.90 bits per heavy atom. The predicted molar refractivity (Wildman–Crippen MR) is 79.3 cm³/mol. The summed E-state index contributed by atoms with van der Waals surface area (Å²) >= 11 is 0. The summed E-state index contributed by atoms with van der Waals surface area (Å²) in [5.74, 6) is -1.35. The number of carbonyl (C=O) groups is 2. The number of nitrogens with one attached hydrogen (secondary N) is 1. The van der Waals surface area contributed by atoms with E-state index in [1.54, 1.807) is 14.0 Å². The first-order valence-corrected chi connectivity index (χ1v) is 6.85. The first-order chi connectivity index (χ1) is 9.31. The van der Waals surface area contributed by atoms with Gasteiger partial charge >= 0.3 is 0 Å². The van der Waals surface area contributed by atoms with Gasteiger partial charge in [0.2, 0.25) is 11.6 Å². The first kappa shape index (κ1) is 16.2. The third-order valence-corrected chi connectivity index (χ3v) is 3.55. The lowest BCUT2D eigenvalue weighted by molar-refractivity contribution is -0.132. The lowest BCUT2D eigenvalue weighted by Gasteiger charge is -2.23. The van der Waals surface area contributed by atoms with E-state index in [1.807, 2.05) is 20.8 Å². The van der Waals surface area contributed by atoms with Gasteiger partial charge in [-0.2, -0.15) is 0 Å². The number of Topliss-reactive ketones (excluding diaryl/α,β-unsaturated/α-hetero) is 2. The molecule has 0 amide bonds. The highest BCUT2D eigenvalue weighted by molar-refractivity contribution is 6.50. The maximum absolute atomic E-state index is 12.1. The van der Waals surface area contributed by atoms with E-state index in [2.05, 4.69) is 11.4 Å². The molecule has 0 aromatic carbocycles. The van der Waals surface area contributed by atoms with Crippen molar-refractivity contribution < 1.29 is 14.7 Å². The van der Waals surface area contributed by atoms with Gasteiger partial charge in [-0.3, -0.25) is 9.59 Å². The zero-order valence-corrected chi connectivity index (χ0v) is 12.8. The van der Waals surface area contributed by atoms with Crippen LogP contribution in [-0.2, 0) is 9.59 Å². The van der Waals surface area contributed by atoms with Gasteiger partial charge < -0.3 is 10.4 Å². The summed E-state index contributed by atoms with van der Waals surface area (Å²) in [6, 6.07) is 0. The third-order valence-electron chi connectivity index (χ3n) is 3.55. The minimum Gasteiger partial charge on any atom is -0.505 e. The number of allylic oxidation sites excluding steroid dienone is 4. The Kier molecular flexibility index (Phi) is 5.31. The molecule has 0 saturated carbocycles. The summed E-state index contributed by atoms with van der Waals surface area (Å²) in [6.07, 6.45) is 3.63. The molecule has 2 N–H and O–H groups in total. The van der Waals surface area contributed by atoms with Gasteiger partial charge in [-0.25, -0.2) is 0 Å². The van der Waals surface area contributed by atoms with Crippen LogP contribution in [0.3, 0.4) is 0 Å². The van der Waals surface area contributed by atoms with Gasteiger partial charge in [0.15, 0.2) is 0 Å². The Balaban J connectivity index is 3.07. The number of aliphatic hydroxyl groups is 1. The normalized spacial score (nSPS) is 17.4. The van der Waals surface area contributed by atoms with E-state index in [1.165, 1.54) is 5.57 Å². The molecule has 0 aliphatic heterocycles. The molecule has 0 radical (unpaired) electrons. The molecule has 0 aromatic rings. The molecule has 1 aliphatic carbocycles. The van der Waals surface area contributed by atoms with Crippen molar-refractivity contribution in [3.05, 3.63) is 34.3 Å². The van der Waals surface area contributed by atoms with Crippen molar-refractivity contribution in [1.29, 1.82) is 0 Å². The maximum atomic E-state index is 12.1. The van der Waals surface area contributed by atoms with Crippen LogP contribution in [0.2, 0.25) is 0 Å². The second kappa shape index (κ2) is 6.55. The van der Waals surface area contributed by atoms with Crippen LogP contribution < -0.4 is 5.32 Å². The fourth-order valence-electron chi connectivity index (χ4n) is 2.36. The monoisotopic (exact) mass is 277 g/mol. The van der Waals surface area contributed by atoms with Crippen molar-refractivity contribution in [2.24, 2.45) is 5.92 Å². The van der Waals surface area contributed by atoms with Crippen molar-refractivity contribution in [3.8, 4) is 0 Å². The Bertz CT molecular complexity index is 520. The van der Waals surface area contributed by atoms with Gasteiger partial charge in [-0.1, -0.05) is 18.6 Å². The minimum atomic E-state index is -0.580. The topological polar surface area (TPSA) is 66.4 Å². The molecule has 0 spiro atoms. The van der Waals surface area contributed by atoms with Gasteiger partial charge in [0.25, 0.3) is 0 Å². The number of ketones is 2. The lowest BCUT2D eigenvalue weighted by Crippen LogP contribution is -2.31. The summed E-state index contributed by atoms with van der Waals surface area (Å²) in [4.78, 5) is 24.0. The van der Waals surface area contributed by atoms with E-state index < -0.39 is 11.6 Å². The number of aliphatic hydroxyl groups excluding tert-OH is 1. The van der Waals surface area contributed by atoms with Crippen molar-refractivity contribution in [2.45, 2.75) is 40.5 Å². The molecule has 110 valence electrons. The van der Waals surface area contributed by atoms with Crippen molar-refractivity contribution >= 4 is 11.6 Å². The first-order valence-electron chi connectivity index (χ1n) is 6.85. The Morgan fingerprint density at radius 3 is 2.40 bits per heavy atom. The number of hydrogen-bond acceptors (Lipinski definition) is 4. The fourth-order valence-corrected chi connectivity index (χ4v) is 2.36. The molecular formula is C16H23NO3. The molecule has 0 unspecified atom stereocenters. The van der Waals surface area contributed by atoms with Gasteiger partial charge in [-0.05, 0) is 39.5 Å². The van der Waals surface area contributed by atoms with Gasteiger partial charge in [0, 0.05) is 12.6 Å². The van der Waals surface area contributed by atoms with Gasteiger partial charge in [-0.15, -0.1) is 0 Å². The standard InChI is InChI=1S/C16H23NO3/c1-9(2)7-6-8-10(3)12-15(19)13(17-5)11(4)14(18)16(12)20/h7,10,17,19H,6,8H2,1-5H3/t10-/m1/s1. The summed E-state index contributed by atoms with van der Waals surface area (Å²) in [6.45, 7) is 7.44. The summed E-state index contributed by atoms with van der Waals surface area (Å²) in [7, 11) is 1.63. The van der Waals surface area contributed by atoms with Crippen molar-refractivity contribution in [3.63, 3.8) is 0 Å². The number of carbonyl (C=O) groups excluding carboxylic acids is 2. The average Bonchev–Trinajstić information content (AvgIpc) is 2.36. The molecule has 0 fully saturated rings. The van der Waals surface area contributed by atoms with Crippen molar-refractivity contribution in [2.75, 3.05) is 7.05 Å². The largest absolute Gasteiger partial charge is 0.505 e. The molecule has 0 heterocycles. The van der Waals surface area contributed by atoms with Crippen LogP contribution in [0.4, 0.5) is 0 Å². The highest BCUT2D eigenvalue weighted by Crippen LogP contribution is 2.29. The van der Waals surface area contributed by atoms with E-state index in [4.69, 9.17) is 0 Å². The average molecular weight is 277 g/mol. The molecular weight excluding hydrogens is 254 g/mol. The van der Waals surface area contributed by atoms with E-state index in [-0.39, 0.29) is 22.8 Å². The maximum Gasteiger partial charge on any atom is 0.233 e. The van der Waals surface area contributed by atoms with Crippen LogP contribution in [-0.4, -0.2) is 23.7 Å². The van der Waals surface area contributed by atoms with E-state index in [0.29, 0.717) is 5.70 Å².